The summed E-state index contributed by atoms with van der Waals surface area (Å²) in [5.74, 6) is -0.824. The molecule has 1 heterocycles. The molecule has 0 radical (unpaired) electrons. The first-order valence-electron chi connectivity index (χ1n) is 8.23. The summed E-state index contributed by atoms with van der Waals surface area (Å²) in [5, 5.41) is 3.04. The van der Waals surface area contributed by atoms with Crippen LogP contribution in [0, 0.1) is 6.92 Å². The number of esters is 1. The number of rotatable bonds is 8. The van der Waals surface area contributed by atoms with E-state index in [1.54, 1.807) is 18.2 Å². The Kier molecular flexibility index (Phi) is 7.38. The number of thiophene rings is 1. The highest BCUT2D eigenvalue weighted by atomic mass is 35.5. The van der Waals surface area contributed by atoms with Gasteiger partial charge in [0.05, 0.1) is 24.1 Å². The van der Waals surface area contributed by atoms with Gasteiger partial charge >= 0.3 is 5.97 Å². The summed E-state index contributed by atoms with van der Waals surface area (Å²) < 4.78 is 10.3. The van der Waals surface area contributed by atoms with Gasteiger partial charge in [-0.1, -0.05) is 11.6 Å². The molecule has 1 atom stereocenters. The minimum absolute atomic E-state index is 0.0369. The third-order valence-corrected chi connectivity index (χ3v) is 4.95. The minimum atomic E-state index is -1.03. The molecule has 0 aliphatic rings. The van der Waals surface area contributed by atoms with Crippen molar-refractivity contribution in [3.8, 4) is 5.75 Å². The molecule has 0 aliphatic heterocycles. The molecule has 144 valence electrons. The smallest absolute Gasteiger partial charge is 0.307 e. The summed E-state index contributed by atoms with van der Waals surface area (Å²) in [6, 6.07) is 8.38. The SMILES string of the molecule is COc1ccc(Cl)cc1NC(=O)C(C)OC(=O)CCC(=O)c1ccc(C)s1. The first-order chi connectivity index (χ1) is 12.8. The molecule has 0 spiro atoms. The first kappa shape index (κ1) is 20.9. The van der Waals surface area contributed by atoms with Crippen LogP contribution < -0.4 is 10.1 Å². The Morgan fingerprint density at radius 3 is 2.56 bits per heavy atom. The van der Waals surface area contributed by atoms with Crippen molar-refractivity contribution in [3.63, 3.8) is 0 Å². The zero-order valence-corrected chi connectivity index (χ0v) is 16.8. The van der Waals surface area contributed by atoms with Gasteiger partial charge in [-0.05, 0) is 44.2 Å². The lowest BCUT2D eigenvalue weighted by Crippen LogP contribution is -2.30. The van der Waals surface area contributed by atoms with Gasteiger partial charge < -0.3 is 14.8 Å². The number of anilines is 1. The Hall–Kier alpha value is -2.38. The topological polar surface area (TPSA) is 81.7 Å². The quantitative estimate of drug-likeness (QED) is 0.520. The monoisotopic (exact) mass is 409 g/mol. The maximum atomic E-state index is 12.2. The fourth-order valence-corrected chi connectivity index (χ4v) is 3.25. The standard InChI is InChI=1S/C19H20ClNO5S/c1-11-4-8-17(27-11)15(22)6-9-18(23)26-12(2)19(24)21-14-10-13(20)5-7-16(14)25-3/h4-5,7-8,10,12H,6,9H2,1-3H3,(H,21,24). The molecule has 1 aromatic carbocycles. The summed E-state index contributed by atoms with van der Waals surface area (Å²) >= 11 is 7.30. The number of benzene rings is 1. The minimum Gasteiger partial charge on any atom is -0.495 e. The van der Waals surface area contributed by atoms with Crippen molar-refractivity contribution in [2.45, 2.75) is 32.8 Å². The highest BCUT2D eigenvalue weighted by Gasteiger charge is 2.20. The molecule has 0 fully saturated rings. The number of hydrogen-bond acceptors (Lipinski definition) is 6. The van der Waals surface area contributed by atoms with E-state index < -0.39 is 18.0 Å². The zero-order chi connectivity index (χ0) is 20.0. The molecule has 8 heteroatoms. The van der Waals surface area contributed by atoms with Crippen LogP contribution in [0.4, 0.5) is 5.69 Å². The second-order valence-electron chi connectivity index (χ2n) is 5.80. The van der Waals surface area contributed by atoms with Crippen molar-refractivity contribution < 1.29 is 23.9 Å². The average Bonchev–Trinajstić information content (AvgIpc) is 3.06. The molecule has 1 amide bonds. The van der Waals surface area contributed by atoms with Crippen molar-refractivity contribution in [3.05, 3.63) is 45.1 Å². The summed E-state index contributed by atoms with van der Waals surface area (Å²) in [7, 11) is 1.47. The van der Waals surface area contributed by atoms with Gasteiger partial charge in [0.1, 0.15) is 5.75 Å². The van der Waals surface area contributed by atoms with Gasteiger partial charge in [-0.3, -0.25) is 14.4 Å². The van der Waals surface area contributed by atoms with Crippen LogP contribution in [0.2, 0.25) is 5.02 Å². The number of ketones is 1. The molecular weight excluding hydrogens is 390 g/mol. The second kappa shape index (κ2) is 9.53. The van der Waals surface area contributed by atoms with E-state index in [9.17, 15) is 14.4 Å². The van der Waals surface area contributed by atoms with Crippen molar-refractivity contribution in [2.75, 3.05) is 12.4 Å². The summed E-state index contributed by atoms with van der Waals surface area (Å²) in [4.78, 5) is 37.8. The lowest BCUT2D eigenvalue weighted by atomic mass is 10.2. The number of carbonyl (C=O) groups is 3. The molecule has 27 heavy (non-hydrogen) atoms. The summed E-state index contributed by atoms with van der Waals surface area (Å²) in [5.41, 5.74) is 0.376. The number of carbonyl (C=O) groups excluding carboxylic acids is 3. The van der Waals surface area contributed by atoms with Crippen molar-refractivity contribution >= 4 is 46.3 Å². The van der Waals surface area contributed by atoms with E-state index in [-0.39, 0.29) is 18.6 Å². The zero-order valence-electron chi connectivity index (χ0n) is 15.2. The molecule has 0 aliphatic carbocycles. The first-order valence-corrected chi connectivity index (χ1v) is 9.43. The van der Waals surface area contributed by atoms with Gasteiger partial charge in [0, 0.05) is 16.3 Å². The van der Waals surface area contributed by atoms with E-state index in [1.165, 1.54) is 31.4 Å². The van der Waals surface area contributed by atoms with Gasteiger partial charge in [-0.15, -0.1) is 11.3 Å². The van der Waals surface area contributed by atoms with E-state index >= 15 is 0 Å². The Morgan fingerprint density at radius 1 is 1.19 bits per heavy atom. The van der Waals surface area contributed by atoms with Gasteiger partial charge in [-0.2, -0.15) is 0 Å². The number of nitrogens with one attached hydrogen (secondary N) is 1. The number of aryl methyl sites for hydroxylation is 1. The molecule has 1 unspecified atom stereocenters. The molecule has 6 nitrogen and oxygen atoms in total. The van der Waals surface area contributed by atoms with Crippen LogP contribution in [0.3, 0.4) is 0 Å². The van der Waals surface area contributed by atoms with Crippen LogP contribution in [-0.2, 0) is 14.3 Å². The fraction of sp³-hybridized carbons (Fsp3) is 0.316. The van der Waals surface area contributed by atoms with Crippen LogP contribution >= 0.6 is 22.9 Å². The molecule has 0 saturated heterocycles. The molecule has 1 aromatic heterocycles. The Labute approximate surface area is 166 Å². The van der Waals surface area contributed by atoms with Gasteiger partial charge in [0.2, 0.25) is 0 Å². The summed E-state index contributed by atoms with van der Waals surface area (Å²) in [6.45, 7) is 3.36. The van der Waals surface area contributed by atoms with E-state index in [2.05, 4.69) is 5.32 Å². The van der Waals surface area contributed by atoms with E-state index in [4.69, 9.17) is 21.1 Å². The lowest BCUT2D eigenvalue weighted by molar-refractivity contribution is -0.153. The Bertz CT molecular complexity index is 848. The van der Waals surface area contributed by atoms with Crippen LogP contribution in [0.5, 0.6) is 5.75 Å². The van der Waals surface area contributed by atoms with Gasteiger partial charge in [-0.25, -0.2) is 0 Å². The van der Waals surface area contributed by atoms with Crippen molar-refractivity contribution in [1.29, 1.82) is 0 Å². The Morgan fingerprint density at radius 2 is 1.93 bits per heavy atom. The third-order valence-electron chi connectivity index (χ3n) is 3.67. The number of ether oxygens (including phenoxy) is 2. The van der Waals surface area contributed by atoms with Crippen molar-refractivity contribution in [1.82, 2.24) is 0 Å². The second-order valence-corrected chi connectivity index (χ2v) is 7.52. The largest absolute Gasteiger partial charge is 0.495 e. The molecule has 2 rings (SSSR count). The van der Waals surface area contributed by atoms with Crippen LogP contribution in [-0.4, -0.2) is 30.9 Å². The fourth-order valence-electron chi connectivity index (χ4n) is 2.25. The van der Waals surface area contributed by atoms with Gasteiger partial charge in [0.15, 0.2) is 11.9 Å². The molecule has 0 saturated carbocycles. The van der Waals surface area contributed by atoms with Crippen LogP contribution in [0.15, 0.2) is 30.3 Å². The normalized spacial score (nSPS) is 11.6. The van der Waals surface area contributed by atoms with Crippen LogP contribution in [0.1, 0.15) is 34.3 Å². The maximum Gasteiger partial charge on any atom is 0.307 e. The van der Waals surface area contributed by atoms with E-state index in [1.807, 2.05) is 13.0 Å². The predicted molar refractivity (Wildman–Crippen MR) is 105 cm³/mol. The van der Waals surface area contributed by atoms with E-state index in [0.717, 1.165) is 4.88 Å². The van der Waals surface area contributed by atoms with Gasteiger partial charge in [0.25, 0.3) is 5.91 Å². The average molecular weight is 410 g/mol. The molecular formula is C19H20ClNO5S. The Balaban J connectivity index is 1.85. The van der Waals surface area contributed by atoms with Crippen molar-refractivity contribution in [2.24, 2.45) is 0 Å². The highest BCUT2D eigenvalue weighted by molar-refractivity contribution is 7.14. The van der Waals surface area contributed by atoms with Crippen LogP contribution in [0.25, 0.3) is 0 Å². The lowest BCUT2D eigenvalue weighted by Gasteiger charge is -2.15. The predicted octanol–water partition coefficient (Wildman–Crippen LogP) is 4.25. The van der Waals surface area contributed by atoms with E-state index in [0.29, 0.717) is 21.3 Å². The molecule has 0 bridgehead atoms. The molecule has 1 N–H and O–H groups in total. The highest BCUT2D eigenvalue weighted by Crippen LogP contribution is 2.27. The number of hydrogen-bond donors (Lipinski definition) is 1. The maximum absolute atomic E-state index is 12.2. The summed E-state index contributed by atoms with van der Waals surface area (Å²) in [6.07, 6.45) is -1.08. The number of Topliss-reactive ketones (excluding diaryl/α,β-unsaturated/α-hetero) is 1. The number of methoxy groups -OCH3 is 1. The number of halogens is 1. The third kappa shape index (κ3) is 6.08. The molecule has 2 aromatic rings. The number of amides is 1.